The van der Waals surface area contributed by atoms with Crippen molar-refractivity contribution in [1.29, 1.82) is 0 Å². The van der Waals surface area contributed by atoms with E-state index in [1.807, 2.05) is 0 Å². The van der Waals surface area contributed by atoms with Gasteiger partial charge in [0.1, 0.15) is 6.10 Å². The van der Waals surface area contributed by atoms with Gasteiger partial charge in [0, 0.05) is 17.7 Å². The molecule has 1 fully saturated rings. The average Bonchev–Trinajstić information content (AvgIpc) is 2.99. The molecule has 0 amide bonds. The van der Waals surface area contributed by atoms with E-state index < -0.39 is 0 Å². The molecule has 1 saturated carbocycles. The van der Waals surface area contributed by atoms with Gasteiger partial charge < -0.3 is 10.5 Å². The number of benzene rings is 1. The van der Waals surface area contributed by atoms with Crippen LogP contribution >= 0.6 is 0 Å². The van der Waals surface area contributed by atoms with Crippen molar-refractivity contribution in [3.63, 3.8) is 0 Å². The monoisotopic (exact) mass is 317 g/mol. The number of Topliss-reactive ketones (excluding diaryl/α,β-unsaturated/α-hetero) is 1. The minimum atomic E-state index is -0.361. The van der Waals surface area contributed by atoms with Crippen LogP contribution in [-0.2, 0) is 9.53 Å². The molecule has 1 aliphatic carbocycles. The van der Waals surface area contributed by atoms with Crippen LogP contribution in [0.1, 0.15) is 62.7 Å². The van der Waals surface area contributed by atoms with E-state index in [-0.39, 0.29) is 30.2 Å². The molecule has 0 unspecified atom stereocenters. The number of ether oxygens (including phenoxy) is 1. The molecule has 23 heavy (non-hydrogen) atoms. The van der Waals surface area contributed by atoms with Crippen molar-refractivity contribution in [2.24, 2.45) is 11.8 Å². The molecule has 0 spiro atoms. The minimum Gasteiger partial charge on any atom is -0.462 e. The highest BCUT2D eigenvalue weighted by molar-refractivity contribution is 5.98. The number of hydrogen-bond acceptors (Lipinski definition) is 4. The lowest BCUT2D eigenvalue weighted by molar-refractivity contribution is -0.154. The van der Waals surface area contributed by atoms with Gasteiger partial charge >= 0.3 is 5.97 Å². The molecule has 0 radical (unpaired) electrons. The number of nitrogen functional groups attached to an aromatic ring is 1. The number of nitrogens with two attached hydrogens (primary N) is 1. The van der Waals surface area contributed by atoms with Crippen molar-refractivity contribution in [2.75, 3.05) is 5.73 Å². The van der Waals surface area contributed by atoms with Crippen molar-refractivity contribution >= 4 is 17.4 Å². The fourth-order valence-corrected chi connectivity index (χ4v) is 3.11. The first-order chi connectivity index (χ1) is 11.0. The Morgan fingerprint density at radius 2 is 1.78 bits per heavy atom. The number of carbonyl (C=O) groups excluding carboxylic acids is 2. The summed E-state index contributed by atoms with van der Waals surface area (Å²) in [4.78, 5) is 24.9. The van der Waals surface area contributed by atoms with E-state index in [0.29, 0.717) is 23.6 Å². The Morgan fingerprint density at radius 3 is 2.35 bits per heavy atom. The van der Waals surface area contributed by atoms with Gasteiger partial charge in [-0.15, -0.1) is 0 Å². The minimum absolute atomic E-state index is 0.0287. The molecule has 126 valence electrons. The van der Waals surface area contributed by atoms with Crippen molar-refractivity contribution in [3.8, 4) is 0 Å². The van der Waals surface area contributed by atoms with Gasteiger partial charge in [-0.2, -0.15) is 0 Å². The number of ketones is 1. The zero-order valence-electron chi connectivity index (χ0n) is 14.1. The summed E-state index contributed by atoms with van der Waals surface area (Å²) in [6, 6.07) is 6.85. The predicted octanol–water partition coefficient (Wildman–Crippen LogP) is 3.99. The summed E-state index contributed by atoms with van der Waals surface area (Å²) >= 11 is 0. The van der Waals surface area contributed by atoms with E-state index in [1.54, 1.807) is 24.3 Å². The Bertz CT molecular complexity index is 530. The fourth-order valence-electron chi connectivity index (χ4n) is 3.11. The van der Waals surface area contributed by atoms with E-state index >= 15 is 0 Å². The molecule has 0 aromatic heterocycles. The number of hydrogen-bond donors (Lipinski definition) is 1. The first-order valence-corrected chi connectivity index (χ1v) is 8.55. The molecule has 0 heterocycles. The van der Waals surface area contributed by atoms with Crippen LogP contribution in [0, 0.1) is 11.8 Å². The predicted molar refractivity (Wildman–Crippen MR) is 91.1 cm³/mol. The number of anilines is 1. The Balaban J connectivity index is 2.00. The first-order valence-electron chi connectivity index (χ1n) is 8.55. The molecular weight excluding hydrogens is 290 g/mol. The molecule has 1 atom stereocenters. The second kappa shape index (κ2) is 8.14. The molecule has 1 aromatic carbocycles. The molecule has 0 aliphatic heterocycles. The van der Waals surface area contributed by atoms with Gasteiger partial charge in [0.2, 0.25) is 0 Å². The summed E-state index contributed by atoms with van der Waals surface area (Å²) in [5.41, 5.74) is 6.87. The van der Waals surface area contributed by atoms with Crippen LogP contribution in [-0.4, -0.2) is 17.9 Å². The van der Waals surface area contributed by atoms with E-state index in [9.17, 15) is 9.59 Å². The second-order valence-electron chi connectivity index (χ2n) is 6.92. The SMILES string of the molecule is CC(C)C[C@H](CC(=O)c1ccc(N)cc1)C(=O)OC1CCCC1. The van der Waals surface area contributed by atoms with Gasteiger partial charge in [-0.3, -0.25) is 9.59 Å². The maximum absolute atomic E-state index is 12.5. The number of carbonyl (C=O) groups is 2. The lowest BCUT2D eigenvalue weighted by Crippen LogP contribution is -2.26. The average molecular weight is 317 g/mol. The van der Waals surface area contributed by atoms with Crippen LogP contribution in [0.15, 0.2) is 24.3 Å². The summed E-state index contributed by atoms with van der Waals surface area (Å²) in [6.07, 6.45) is 5.07. The van der Waals surface area contributed by atoms with Crippen LogP contribution in [0.3, 0.4) is 0 Å². The quantitative estimate of drug-likeness (QED) is 0.469. The van der Waals surface area contributed by atoms with Gasteiger partial charge in [-0.1, -0.05) is 13.8 Å². The molecule has 1 aromatic rings. The lowest BCUT2D eigenvalue weighted by atomic mass is 9.90. The topological polar surface area (TPSA) is 69.4 Å². The Kier molecular flexibility index (Phi) is 6.20. The molecule has 4 heteroatoms. The van der Waals surface area contributed by atoms with E-state index in [4.69, 9.17) is 10.5 Å². The third kappa shape index (κ3) is 5.38. The first kappa shape index (κ1) is 17.5. The van der Waals surface area contributed by atoms with Crippen LogP contribution in [0.2, 0.25) is 0 Å². The largest absolute Gasteiger partial charge is 0.462 e. The van der Waals surface area contributed by atoms with Crippen molar-refractivity contribution in [3.05, 3.63) is 29.8 Å². The van der Waals surface area contributed by atoms with Crippen LogP contribution < -0.4 is 5.73 Å². The summed E-state index contributed by atoms with van der Waals surface area (Å²) in [5.74, 6) is -0.260. The maximum Gasteiger partial charge on any atom is 0.309 e. The third-order valence-electron chi connectivity index (χ3n) is 4.34. The highest BCUT2D eigenvalue weighted by atomic mass is 16.5. The van der Waals surface area contributed by atoms with Crippen molar-refractivity contribution in [1.82, 2.24) is 0 Å². The highest BCUT2D eigenvalue weighted by Gasteiger charge is 2.28. The van der Waals surface area contributed by atoms with Gasteiger partial charge in [-0.05, 0) is 62.3 Å². The molecule has 0 bridgehead atoms. The van der Waals surface area contributed by atoms with Crippen molar-refractivity contribution in [2.45, 2.75) is 58.5 Å². The Hall–Kier alpha value is -1.84. The molecule has 4 nitrogen and oxygen atoms in total. The molecule has 1 aliphatic rings. The van der Waals surface area contributed by atoms with E-state index in [0.717, 1.165) is 25.7 Å². The summed E-state index contributed by atoms with van der Waals surface area (Å²) in [7, 11) is 0. The molecule has 2 N–H and O–H groups in total. The van der Waals surface area contributed by atoms with Gasteiger partial charge in [-0.25, -0.2) is 0 Å². The third-order valence-corrected chi connectivity index (χ3v) is 4.34. The fraction of sp³-hybridized carbons (Fsp3) is 0.579. The zero-order valence-corrected chi connectivity index (χ0v) is 14.1. The standard InChI is InChI=1S/C19H27NO3/c1-13(2)11-15(19(22)23-17-5-3-4-6-17)12-18(21)14-7-9-16(20)10-8-14/h7-10,13,15,17H,3-6,11-12,20H2,1-2H3/t15-/m1/s1. The maximum atomic E-state index is 12.5. The molecule has 2 rings (SSSR count). The normalized spacial score (nSPS) is 16.5. The highest BCUT2D eigenvalue weighted by Crippen LogP contribution is 2.25. The molecule has 0 saturated heterocycles. The Morgan fingerprint density at radius 1 is 1.17 bits per heavy atom. The van der Waals surface area contributed by atoms with Crippen LogP contribution in [0.25, 0.3) is 0 Å². The van der Waals surface area contributed by atoms with Gasteiger partial charge in [0.25, 0.3) is 0 Å². The van der Waals surface area contributed by atoms with E-state index in [1.165, 1.54) is 0 Å². The van der Waals surface area contributed by atoms with Crippen LogP contribution in [0.5, 0.6) is 0 Å². The second-order valence-corrected chi connectivity index (χ2v) is 6.92. The number of esters is 1. The summed E-state index contributed by atoms with van der Waals surface area (Å²) < 4.78 is 5.62. The summed E-state index contributed by atoms with van der Waals surface area (Å²) in [5, 5.41) is 0. The zero-order chi connectivity index (χ0) is 16.8. The lowest BCUT2D eigenvalue weighted by Gasteiger charge is -2.20. The number of rotatable bonds is 7. The van der Waals surface area contributed by atoms with Gasteiger partial charge in [0.15, 0.2) is 5.78 Å². The Labute approximate surface area is 138 Å². The summed E-state index contributed by atoms with van der Waals surface area (Å²) in [6.45, 7) is 4.12. The van der Waals surface area contributed by atoms with Gasteiger partial charge in [0.05, 0.1) is 5.92 Å². The van der Waals surface area contributed by atoms with Crippen LogP contribution in [0.4, 0.5) is 5.69 Å². The van der Waals surface area contributed by atoms with E-state index in [2.05, 4.69) is 13.8 Å². The molecular formula is C19H27NO3. The van der Waals surface area contributed by atoms with Crippen molar-refractivity contribution < 1.29 is 14.3 Å². The smallest absolute Gasteiger partial charge is 0.309 e.